The van der Waals surface area contributed by atoms with E-state index in [0.29, 0.717) is 51.1 Å². The van der Waals surface area contributed by atoms with Crippen LogP contribution in [-0.2, 0) is 38.2 Å². The fourth-order valence-electron chi connectivity index (χ4n) is 11.7. The molecule has 0 radical (unpaired) electrons. The smallest absolute Gasteiger partial charge is 1.00 e. The first-order valence-corrected chi connectivity index (χ1v) is 36.7. The molecule has 0 saturated carbocycles. The van der Waals surface area contributed by atoms with Crippen molar-refractivity contribution in [1.82, 2.24) is 70.6 Å². The third-order valence-corrected chi connectivity index (χ3v) is 17.0. The van der Waals surface area contributed by atoms with Crippen molar-refractivity contribution in [3.63, 3.8) is 0 Å². The molecule has 0 aliphatic heterocycles. The minimum Gasteiger partial charge on any atom is -1.00 e. The summed E-state index contributed by atoms with van der Waals surface area (Å²) in [5, 5.41) is 28.1. The first-order valence-electron chi connectivity index (χ1n) is 36.7. The number of esters is 2. The predicted octanol–water partition coefficient (Wildman–Crippen LogP) is 5.71. The Balaban J connectivity index is 0.000000242. The molecule has 8 heterocycles. The van der Waals surface area contributed by atoms with E-state index in [2.05, 4.69) is 81.2 Å². The maximum atomic E-state index is 13.6. The number of hydrogen-bond acceptors (Lipinski definition) is 28. The molecule has 3 atom stereocenters. The molecule has 8 aromatic heterocycles. The maximum absolute atomic E-state index is 13.6. The number of para-hydroxylation sites is 3. The second kappa shape index (κ2) is 45.9. The molecular weight excluding hydrogens is 1780 g/mol. The summed E-state index contributed by atoms with van der Waals surface area (Å²) in [5.41, 5.74) is 6.08. The average Bonchev–Trinajstić information content (AvgIpc) is 1.72. The van der Waals surface area contributed by atoms with E-state index in [1.807, 2.05) is 168 Å². The Morgan fingerprint density at radius 3 is 1.27 bits per heavy atom. The van der Waals surface area contributed by atoms with Gasteiger partial charge in [-0.15, -0.1) is 5.10 Å². The first kappa shape index (κ1) is 94.4. The molecule has 36 heteroatoms. The van der Waals surface area contributed by atoms with Crippen LogP contribution in [0.4, 0.5) is 56.0 Å². The fraction of sp³-hybridized carbons (Fsp3) is 0.214. The molecule has 34 nitrogen and oxygen atoms in total. The van der Waals surface area contributed by atoms with Crippen LogP contribution in [0.25, 0.3) is 44.6 Å². The number of fused-ring (bicyclic) bond motifs is 2. The van der Waals surface area contributed by atoms with Crippen LogP contribution in [-0.4, -0.2) is 174 Å². The number of carbonyl (C=O) groups excluding carboxylic acids is 7. The summed E-state index contributed by atoms with van der Waals surface area (Å²) in [7, 11) is 6.00. The molecule has 1 unspecified atom stereocenters. The summed E-state index contributed by atoms with van der Waals surface area (Å²) in [4.78, 5) is 145. The van der Waals surface area contributed by atoms with Gasteiger partial charge in [-0.05, 0) is 175 Å². The molecule has 0 spiro atoms. The van der Waals surface area contributed by atoms with Gasteiger partial charge in [-0.3, -0.25) is 14.4 Å². The quantitative estimate of drug-likeness (QED) is 0.0118. The second-order valence-corrected chi connectivity index (χ2v) is 27.5. The van der Waals surface area contributed by atoms with Gasteiger partial charge in [0.1, 0.15) is 40.7 Å². The Bertz CT molecular complexity index is 5420. The van der Waals surface area contributed by atoms with E-state index < -0.39 is 65.1 Å². The molecule has 7 N–H and O–H groups in total. The van der Waals surface area contributed by atoms with E-state index in [1.54, 1.807) is 140 Å². The molecule has 5 aromatic carbocycles. The molecule has 13 aromatic rings. The number of ether oxygens (including phenoxy) is 4. The van der Waals surface area contributed by atoms with E-state index in [0.717, 1.165) is 56.0 Å². The molecule has 0 fully saturated rings. The van der Waals surface area contributed by atoms with Crippen LogP contribution >= 0.6 is 0 Å². The Labute approximate surface area is 809 Å². The molecule has 0 saturated heterocycles. The van der Waals surface area contributed by atoms with Gasteiger partial charge in [-0.2, -0.15) is 4.90 Å². The minimum absolute atomic E-state index is 0. The van der Waals surface area contributed by atoms with E-state index in [4.69, 9.17) is 33.4 Å². The number of aromatic amines is 3. The largest absolute Gasteiger partial charge is 1.00 e. The SMILES string of the molecule is CNc1nccc(-c2cc3cc(C(=O)N[C@@H](CN(c4ccccc4)c4ccccn4)C(=O)OC)ccc3[nH]2)n1.CNc1nccc(-c2cc3cc(C(=O)N[C@@H](CN(c4ccccc4)c4ccccn4)c4n[nH]c(=O)o4)ccc3[nH]2)n1.COC(=O)C(CN(c1ccccc1)c1ccccn1)N(C(=O)OC(C)(C)C)C(=O)OC(C)(C)C.O=CO[O-].[Cs+].[Cs+].[H-]. The van der Waals surface area contributed by atoms with Crippen molar-refractivity contribution in [3.8, 4) is 22.8 Å². The Kier molecular flexibility index (Phi) is 36.1. The van der Waals surface area contributed by atoms with Gasteiger partial charge in [0.25, 0.3) is 18.3 Å². The zero-order valence-corrected chi connectivity index (χ0v) is 80.5. The zero-order valence-electron chi connectivity index (χ0n) is 68.9. The number of H-pyrrole nitrogens is 3. The number of anilines is 8. The molecule has 610 valence electrons. The molecule has 120 heavy (non-hydrogen) atoms. The number of carbonyl (C=O) groups is 7. The minimum atomic E-state index is -1.39. The molecule has 13 rings (SSSR count). The molecule has 4 amide bonds. The number of methoxy groups -OCH3 is 2. The Morgan fingerprint density at radius 2 is 0.908 bits per heavy atom. The van der Waals surface area contributed by atoms with Gasteiger partial charge in [-0.1, -0.05) is 72.8 Å². The van der Waals surface area contributed by atoms with Crippen molar-refractivity contribution in [2.24, 2.45) is 0 Å². The molecule has 0 aliphatic carbocycles. The van der Waals surface area contributed by atoms with Crippen LogP contribution in [0.15, 0.2) is 246 Å². The van der Waals surface area contributed by atoms with Crippen LogP contribution in [0.3, 0.4) is 0 Å². The standard InChI is InChI=1S/C29H25N9O3.C29H27N7O3.C25H33N3O6.CH2O3.2Cs.H/c1-30-28-32-14-12-22(35-28)23-16-19-15-18(10-11-21(19)33-23)26(39)34-24(27-36-37-29(40)41-27)17-38(20-7-3-2-4-8-20)25-9-5-6-13-31-25;1-30-29-32-15-13-23(35-29)24-17-20-16-19(11-12-22(20)33-24)27(37)34-25(28(38)39-2)18-36(21-8-4-3-5-9-21)26-10-6-7-14-31-26;1-24(2,3)33-22(30)28(23(31)34-25(4,5)6)19(21(29)32-7)17-27(18-13-9-8-10-14-18)20-15-11-12-16-26-20;2-1-4-3;;;/h2-16,24,33H,17H2,1H3,(H,34,39)(H,37,40)(H,30,32,35);3-17,25,33H,18H2,1-2H3,(H,34,37)(H,30,32,35);8-16,19H,17H2,1-7H3;1,3H;;;/q;;;;2*+1;-1/p-1/t24-;25-;;;;;/m00...../s1. The predicted molar refractivity (Wildman–Crippen MR) is 440 cm³/mol. The van der Waals surface area contributed by atoms with Crippen molar-refractivity contribution in [1.29, 1.82) is 0 Å². The monoisotopic (exact) mass is 1870 g/mol. The topological polar surface area (TPSA) is 430 Å². The normalized spacial score (nSPS) is 11.4. The fourth-order valence-corrected chi connectivity index (χ4v) is 11.7. The van der Waals surface area contributed by atoms with Crippen molar-refractivity contribution in [2.45, 2.75) is 70.9 Å². The van der Waals surface area contributed by atoms with Gasteiger partial charge in [0, 0.05) is 95.1 Å². The van der Waals surface area contributed by atoms with Crippen molar-refractivity contribution in [2.75, 3.05) is 73.3 Å². The summed E-state index contributed by atoms with van der Waals surface area (Å²) in [6.07, 6.45) is 6.29. The van der Waals surface area contributed by atoms with Crippen LogP contribution in [0.5, 0.6) is 0 Å². The van der Waals surface area contributed by atoms with E-state index in [-0.39, 0.29) is 177 Å². The zero-order chi connectivity index (χ0) is 84.3. The van der Waals surface area contributed by atoms with Crippen LogP contribution in [0, 0.1) is 0 Å². The average molecular weight is 1870 g/mol. The number of rotatable bonds is 25. The Morgan fingerprint density at radius 1 is 0.508 bits per heavy atom. The molecule has 0 aliphatic rings. The van der Waals surface area contributed by atoms with Gasteiger partial charge in [0.05, 0.1) is 56.6 Å². The number of benzene rings is 5. The van der Waals surface area contributed by atoms with Gasteiger partial charge < -0.3 is 80.9 Å². The van der Waals surface area contributed by atoms with Gasteiger partial charge in [-0.25, -0.2) is 64.0 Å². The number of imide groups is 1. The first-order chi connectivity index (χ1) is 56.9. The van der Waals surface area contributed by atoms with Crippen molar-refractivity contribution < 1.29 is 206 Å². The van der Waals surface area contributed by atoms with Gasteiger partial charge >= 0.3 is 168 Å². The summed E-state index contributed by atoms with van der Waals surface area (Å²) >= 11 is 0. The Hall–Kier alpha value is -11.1. The summed E-state index contributed by atoms with van der Waals surface area (Å²) in [5.74, 6) is 0.0248. The van der Waals surface area contributed by atoms with Crippen LogP contribution in [0.2, 0.25) is 0 Å². The maximum Gasteiger partial charge on any atom is 1.00 e. The number of nitrogens with one attached hydrogen (secondary N) is 7. The number of pyridine rings is 3. The summed E-state index contributed by atoms with van der Waals surface area (Å²) in [6.45, 7) is 9.96. The van der Waals surface area contributed by atoms with Crippen LogP contribution in [0.1, 0.15) is 75.6 Å². The van der Waals surface area contributed by atoms with Crippen LogP contribution < -0.4 is 185 Å². The van der Waals surface area contributed by atoms with Crippen molar-refractivity contribution >= 4 is 111 Å². The van der Waals surface area contributed by atoms with Gasteiger partial charge in [0.15, 0.2) is 6.04 Å². The van der Waals surface area contributed by atoms with E-state index >= 15 is 0 Å². The summed E-state index contributed by atoms with van der Waals surface area (Å²) in [6, 6.07) is 59.7. The molecule has 0 bridgehead atoms. The number of aromatic nitrogens is 11. The van der Waals surface area contributed by atoms with Gasteiger partial charge in [0.2, 0.25) is 17.8 Å². The van der Waals surface area contributed by atoms with Crippen molar-refractivity contribution in [3.05, 3.63) is 265 Å². The summed E-state index contributed by atoms with van der Waals surface area (Å²) < 4.78 is 26.2. The van der Waals surface area contributed by atoms with E-state index in [1.165, 1.54) is 14.2 Å². The third-order valence-electron chi connectivity index (χ3n) is 17.0. The van der Waals surface area contributed by atoms with E-state index in [9.17, 15) is 33.6 Å². The number of hydrogen-bond donors (Lipinski definition) is 7. The third kappa shape index (κ3) is 26.9. The number of amides is 4. The number of nitrogens with zero attached hydrogens (tertiary/aromatic N) is 12. The molecular formula is C84H87Cs2N19O15. The second-order valence-electron chi connectivity index (χ2n) is 27.5.